The lowest BCUT2D eigenvalue weighted by Gasteiger charge is -2.01. The Balaban J connectivity index is 2.24. The molecule has 0 saturated heterocycles. The minimum Gasteiger partial charge on any atom is -0.257 e. The summed E-state index contributed by atoms with van der Waals surface area (Å²) in [4.78, 5) is 0. The van der Waals surface area contributed by atoms with Crippen molar-refractivity contribution in [3.8, 4) is 11.4 Å². The number of aromatic nitrogens is 4. The summed E-state index contributed by atoms with van der Waals surface area (Å²) < 4.78 is 3.06. The molecule has 1 aromatic carbocycles. The average molecular weight is 327 g/mol. The van der Waals surface area contributed by atoms with Gasteiger partial charge < -0.3 is 0 Å². The molecule has 0 unspecified atom stereocenters. The van der Waals surface area contributed by atoms with Gasteiger partial charge in [0, 0.05) is 35.0 Å². The fraction of sp³-hybridized carbons (Fsp3) is 0.200. The van der Waals surface area contributed by atoms with Gasteiger partial charge in [-0.05, 0) is 12.5 Å². The normalized spacial score (nSPS) is 10.4. The molecule has 16 heavy (non-hydrogen) atoms. The molecule has 0 aliphatic rings. The van der Waals surface area contributed by atoms with Crippen molar-refractivity contribution in [2.24, 2.45) is 0 Å². The summed E-state index contributed by atoms with van der Waals surface area (Å²) in [6.45, 7) is 2.60. The van der Waals surface area contributed by atoms with E-state index in [9.17, 15) is 0 Å². The zero-order chi connectivity index (χ0) is 11.4. The van der Waals surface area contributed by atoms with Crippen molar-refractivity contribution in [1.29, 1.82) is 0 Å². The highest BCUT2D eigenvalue weighted by Crippen LogP contribution is 2.13. The highest BCUT2D eigenvalue weighted by Gasteiger charge is 2.02. The fourth-order valence-electron chi connectivity index (χ4n) is 1.24. The first-order chi connectivity index (χ1) is 7.79. The molecule has 2 rings (SSSR count). The average Bonchev–Trinajstić information content (AvgIpc) is 2.32. The molecule has 5 nitrogen and oxygen atoms in total. The highest BCUT2D eigenvalue weighted by molar-refractivity contribution is 14.1. The van der Waals surface area contributed by atoms with Crippen LogP contribution < -0.4 is 3.53 Å². The van der Waals surface area contributed by atoms with Gasteiger partial charge in [-0.1, -0.05) is 24.3 Å². The van der Waals surface area contributed by atoms with E-state index in [2.05, 4.69) is 46.8 Å². The third kappa shape index (κ3) is 2.70. The van der Waals surface area contributed by atoms with Crippen molar-refractivity contribution < 1.29 is 0 Å². The number of halogens is 1. The van der Waals surface area contributed by atoms with Gasteiger partial charge in [-0.15, -0.1) is 20.4 Å². The van der Waals surface area contributed by atoms with E-state index in [0.29, 0.717) is 11.6 Å². The molecular weight excluding hydrogens is 317 g/mol. The van der Waals surface area contributed by atoms with E-state index in [-0.39, 0.29) is 0 Å². The van der Waals surface area contributed by atoms with Crippen LogP contribution in [0.15, 0.2) is 24.3 Å². The van der Waals surface area contributed by atoms with E-state index in [0.717, 1.165) is 12.1 Å². The van der Waals surface area contributed by atoms with Gasteiger partial charge in [0.05, 0.1) is 0 Å². The molecule has 0 atom stereocenters. The quantitative estimate of drug-likeness (QED) is 0.686. The number of hydrogen-bond acceptors (Lipinski definition) is 5. The molecule has 1 heterocycles. The molecule has 0 amide bonds. The highest BCUT2D eigenvalue weighted by atomic mass is 127. The van der Waals surface area contributed by atoms with E-state index in [1.807, 2.05) is 24.3 Å². The van der Waals surface area contributed by atoms with Crippen LogP contribution in [-0.4, -0.2) is 20.4 Å². The van der Waals surface area contributed by atoms with Crippen LogP contribution in [0.3, 0.4) is 0 Å². The van der Waals surface area contributed by atoms with Crippen LogP contribution in [0.4, 0.5) is 0 Å². The van der Waals surface area contributed by atoms with E-state index in [4.69, 9.17) is 0 Å². The third-order valence-electron chi connectivity index (χ3n) is 2.06. The van der Waals surface area contributed by atoms with Gasteiger partial charge in [0.25, 0.3) is 0 Å². The first-order valence-electron chi connectivity index (χ1n) is 4.76. The van der Waals surface area contributed by atoms with E-state index < -0.39 is 0 Å². The molecule has 1 aromatic heterocycles. The van der Waals surface area contributed by atoms with E-state index >= 15 is 0 Å². The first kappa shape index (κ1) is 11.3. The Morgan fingerprint density at radius 3 is 2.25 bits per heavy atom. The molecule has 2 aromatic rings. The number of aryl methyl sites for hydroxylation is 1. The lowest BCUT2D eigenvalue weighted by molar-refractivity contribution is 0.816. The van der Waals surface area contributed by atoms with Crippen LogP contribution in [0.1, 0.15) is 11.4 Å². The molecule has 0 radical (unpaired) electrons. The van der Waals surface area contributed by atoms with Gasteiger partial charge in [-0.2, -0.15) is 0 Å². The number of nitrogens with one attached hydrogen (secondary N) is 1. The summed E-state index contributed by atoms with van der Waals surface area (Å²) in [5.41, 5.74) is 2.14. The second-order valence-corrected chi connectivity index (χ2v) is 4.04. The second-order valence-electron chi connectivity index (χ2n) is 3.28. The molecule has 1 N–H and O–H groups in total. The Kier molecular flexibility index (Phi) is 3.73. The van der Waals surface area contributed by atoms with Crippen LogP contribution >= 0.6 is 22.9 Å². The Morgan fingerprint density at radius 1 is 1.06 bits per heavy atom. The fourth-order valence-corrected chi connectivity index (χ4v) is 1.68. The van der Waals surface area contributed by atoms with Crippen molar-refractivity contribution in [3.05, 3.63) is 35.7 Å². The topological polar surface area (TPSA) is 63.6 Å². The van der Waals surface area contributed by atoms with Gasteiger partial charge in [0.15, 0.2) is 5.82 Å². The minimum atomic E-state index is 0.555. The van der Waals surface area contributed by atoms with Crippen molar-refractivity contribution in [2.45, 2.75) is 13.5 Å². The van der Waals surface area contributed by atoms with Gasteiger partial charge in [0.2, 0.25) is 5.82 Å². The molecule has 0 aliphatic carbocycles. The largest absolute Gasteiger partial charge is 0.257 e. The Hall–Kier alpha value is -1.15. The molecule has 6 heteroatoms. The lowest BCUT2D eigenvalue weighted by Crippen LogP contribution is -1.99. The smallest absolute Gasteiger partial charge is 0.203 e. The maximum Gasteiger partial charge on any atom is 0.203 e. The number of rotatable bonds is 3. The maximum atomic E-state index is 3.98. The van der Waals surface area contributed by atoms with Gasteiger partial charge in [-0.3, -0.25) is 3.53 Å². The summed E-state index contributed by atoms with van der Waals surface area (Å²) in [5.74, 6) is 1.13. The van der Waals surface area contributed by atoms with Crippen LogP contribution in [0.25, 0.3) is 11.4 Å². The molecular formula is C10H10IN5. The summed E-state index contributed by atoms with van der Waals surface area (Å²) in [6, 6.07) is 8.00. The predicted molar refractivity (Wildman–Crippen MR) is 68.7 cm³/mol. The first-order valence-corrected chi connectivity index (χ1v) is 5.84. The van der Waals surface area contributed by atoms with Crippen LogP contribution in [-0.2, 0) is 6.54 Å². The summed E-state index contributed by atoms with van der Waals surface area (Å²) in [7, 11) is 0. The lowest BCUT2D eigenvalue weighted by atomic mass is 10.1. The standard InChI is InChI=1S/C10H10IN5/c1-7-13-15-10(16-14-7)9-4-2-8(3-5-9)6-12-11/h2-5,12H,6H2,1H3. The van der Waals surface area contributed by atoms with E-state index in [1.165, 1.54) is 5.56 Å². The second kappa shape index (κ2) is 5.26. The van der Waals surface area contributed by atoms with Crippen molar-refractivity contribution in [1.82, 2.24) is 23.9 Å². The van der Waals surface area contributed by atoms with Crippen molar-refractivity contribution in [3.63, 3.8) is 0 Å². The molecule has 0 fully saturated rings. The molecule has 82 valence electrons. The SMILES string of the molecule is Cc1nnc(-c2ccc(CNI)cc2)nn1. The van der Waals surface area contributed by atoms with Crippen LogP contribution in [0, 0.1) is 6.92 Å². The zero-order valence-corrected chi connectivity index (χ0v) is 10.8. The third-order valence-corrected chi connectivity index (χ3v) is 2.44. The van der Waals surface area contributed by atoms with Gasteiger partial charge in [-0.25, -0.2) is 0 Å². The molecule has 0 spiro atoms. The number of hydrogen-bond donors (Lipinski definition) is 1. The zero-order valence-electron chi connectivity index (χ0n) is 8.68. The summed E-state index contributed by atoms with van der Waals surface area (Å²) in [6.07, 6.45) is 0. The molecule has 0 aliphatic heterocycles. The predicted octanol–water partition coefficient (Wildman–Crippen LogP) is 1.68. The maximum absolute atomic E-state index is 3.98. The van der Waals surface area contributed by atoms with Crippen molar-refractivity contribution >= 4 is 22.9 Å². The Labute approximate surface area is 107 Å². The number of nitrogens with zero attached hydrogens (tertiary/aromatic N) is 4. The van der Waals surface area contributed by atoms with E-state index in [1.54, 1.807) is 6.92 Å². The summed E-state index contributed by atoms with van der Waals surface area (Å²) in [5, 5.41) is 15.7. The van der Waals surface area contributed by atoms with Gasteiger partial charge >= 0.3 is 0 Å². The monoisotopic (exact) mass is 327 g/mol. The Morgan fingerprint density at radius 2 is 1.69 bits per heavy atom. The Bertz CT molecular complexity index is 454. The van der Waals surface area contributed by atoms with Crippen LogP contribution in [0.5, 0.6) is 0 Å². The minimum absolute atomic E-state index is 0.555. The molecule has 0 bridgehead atoms. The number of benzene rings is 1. The van der Waals surface area contributed by atoms with Gasteiger partial charge in [0.1, 0.15) is 0 Å². The molecule has 0 saturated carbocycles. The van der Waals surface area contributed by atoms with Crippen LogP contribution in [0.2, 0.25) is 0 Å². The van der Waals surface area contributed by atoms with Crippen molar-refractivity contribution in [2.75, 3.05) is 0 Å². The summed E-state index contributed by atoms with van der Waals surface area (Å²) >= 11 is 2.12.